The summed E-state index contributed by atoms with van der Waals surface area (Å²) in [5, 5.41) is 4.35. The molecule has 1 atom stereocenters. The SMILES string of the molecule is COCc1nc2n(n1)CCCC2NS(=O)(=O)c1ccc(C)s1. The number of rotatable bonds is 5. The first kappa shape index (κ1) is 15.6. The average molecular weight is 342 g/mol. The molecule has 1 unspecified atom stereocenters. The highest BCUT2D eigenvalue weighted by atomic mass is 32.2. The van der Waals surface area contributed by atoms with Crippen LogP contribution in [0.4, 0.5) is 0 Å². The van der Waals surface area contributed by atoms with E-state index in [2.05, 4.69) is 14.8 Å². The Morgan fingerprint density at radius 1 is 1.50 bits per heavy atom. The summed E-state index contributed by atoms with van der Waals surface area (Å²) >= 11 is 1.26. The number of hydrogen-bond acceptors (Lipinski definition) is 6. The zero-order valence-electron chi connectivity index (χ0n) is 12.4. The summed E-state index contributed by atoms with van der Waals surface area (Å²) in [7, 11) is -1.95. The van der Waals surface area contributed by atoms with Crippen molar-refractivity contribution in [1.82, 2.24) is 19.5 Å². The molecular weight excluding hydrogens is 324 g/mol. The van der Waals surface area contributed by atoms with Gasteiger partial charge in [-0.1, -0.05) is 0 Å². The molecule has 0 saturated heterocycles. The summed E-state index contributed by atoms with van der Waals surface area (Å²) in [5.41, 5.74) is 0. The smallest absolute Gasteiger partial charge is 0.250 e. The molecular formula is C13H18N4O3S2. The maximum Gasteiger partial charge on any atom is 0.250 e. The van der Waals surface area contributed by atoms with E-state index in [1.165, 1.54) is 11.3 Å². The third-order valence-electron chi connectivity index (χ3n) is 3.47. The van der Waals surface area contributed by atoms with E-state index in [0.29, 0.717) is 28.9 Å². The lowest BCUT2D eigenvalue weighted by atomic mass is 10.1. The molecule has 0 radical (unpaired) electrons. The molecule has 3 heterocycles. The van der Waals surface area contributed by atoms with E-state index in [0.717, 1.165) is 17.8 Å². The van der Waals surface area contributed by atoms with Crippen molar-refractivity contribution in [3.63, 3.8) is 0 Å². The van der Waals surface area contributed by atoms with Crippen LogP contribution < -0.4 is 4.72 Å². The second-order valence-electron chi connectivity index (χ2n) is 5.22. The van der Waals surface area contributed by atoms with Crippen LogP contribution >= 0.6 is 11.3 Å². The molecule has 0 spiro atoms. The Bertz CT molecular complexity index is 766. The number of ether oxygens (including phenoxy) is 1. The van der Waals surface area contributed by atoms with Gasteiger partial charge in [0.25, 0.3) is 10.0 Å². The number of nitrogens with one attached hydrogen (secondary N) is 1. The minimum absolute atomic E-state index is 0.323. The topological polar surface area (TPSA) is 86.1 Å². The summed E-state index contributed by atoms with van der Waals surface area (Å²) in [5.74, 6) is 1.24. The number of aromatic nitrogens is 3. The quantitative estimate of drug-likeness (QED) is 0.892. The predicted molar refractivity (Wildman–Crippen MR) is 82.1 cm³/mol. The second kappa shape index (κ2) is 6.07. The number of hydrogen-bond donors (Lipinski definition) is 1. The Balaban J connectivity index is 1.85. The van der Waals surface area contributed by atoms with Crippen LogP contribution in [0.3, 0.4) is 0 Å². The maximum atomic E-state index is 12.5. The van der Waals surface area contributed by atoms with Crippen molar-refractivity contribution in [3.05, 3.63) is 28.7 Å². The van der Waals surface area contributed by atoms with Crippen LogP contribution in [0.25, 0.3) is 0 Å². The van der Waals surface area contributed by atoms with Crippen molar-refractivity contribution in [1.29, 1.82) is 0 Å². The molecule has 0 aliphatic carbocycles. The van der Waals surface area contributed by atoms with Gasteiger partial charge in [0, 0.05) is 18.5 Å². The minimum Gasteiger partial charge on any atom is -0.377 e. The van der Waals surface area contributed by atoms with Gasteiger partial charge in [-0.25, -0.2) is 18.1 Å². The lowest BCUT2D eigenvalue weighted by Crippen LogP contribution is -2.33. The number of aryl methyl sites for hydroxylation is 2. The Morgan fingerprint density at radius 3 is 3.00 bits per heavy atom. The molecule has 0 saturated carbocycles. The molecule has 2 aromatic rings. The fraction of sp³-hybridized carbons (Fsp3) is 0.538. The van der Waals surface area contributed by atoms with Gasteiger partial charge in [-0.3, -0.25) is 0 Å². The first-order valence-electron chi connectivity index (χ1n) is 7.01. The van der Waals surface area contributed by atoms with Crippen molar-refractivity contribution in [2.24, 2.45) is 0 Å². The third-order valence-corrected chi connectivity index (χ3v) is 6.43. The molecule has 0 fully saturated rings. The van der Waals surface area contributed by atoms with E-state index in [1.54, 1.807) is 23.9 Å². The van der Waals surface area contributed by atoms with Gasteiger partial charge in [-0.05, 0) is 31.9 Å². The van der Waals surface area contributed by atoms with Crippen LogP contribution in [0.2, 0.25) is 0 Å². The normalized spacial score (nSPS) is 18.4. The van der Waals surface area contributed by atoms with E-state index in [4.69, 9.17) is 4.74 Å². The molecule has 120 valence electrons. The molecule has 3 rings (SSSR count). The zero-order valence-corrected chi connectivity index (χ0v) is 14.1. The van der Waals surface area contributed by atoms with E-state index in [1.807, 2.05) is 6.92 Å². The van der Waals surface area contributed by atoms with Gasteiger partial charge in [0.15, 0.2) is 5.82 Å². The van der Waals surface area contributed by atoms with Crippen molar-refractivity contribution < 1.29 is 13.2 Å². The number of fused-ring (bicyclic) bond motifs is 1. The van der Waals surface area contributed by atoms with Crippen LogP contribution in [0.1, 0.15) is 35.4 Å². The van der Waals surface area contributed by atoms with Gasteiger partial charge >= 0.3 is 0 Å². The fourth-order valence-corrected chi connectivity index (χ4v) is 5.03. The highest BCUT2D eigenvalue weighted by Gasteiger charge is 2.29. The number of sulfonamides is 1. The maximum absolute atomic E-state index is 12.5. The monoisotopic (exact) mass is 342 g/mol. The van der Waals surface area contributed by atoms with Gasteiger partial charge in [-0.15, -0.1) is 11.3 Å². The molecule has 1 N–H and O–H groups in total. The molecule has 2 aromatic heterocycles. The van der Waals surface area contributed by atoms with Gasteiger partial charge in [0.2, 0.25) is 0 Å². The van der Waals surface area contributed by atoms with E-state index in [-0.39, 0.29) is 6.04 Å². The third kappa shape index (κ3) is 3.07. The van der Waals surface area contributed by atoms with E-state index < -0.39 is 10.0 Å². The van der Waals surface area contributed by atoms with Crippen LogP contribution in [0, 0.1) is 6.92 Å². The van der Waals surface area contributed by atoms with Crippen LogP contribution in [0.15, 0.2) is 16.3 Å². The Labute approximate surface area is 133 Å². The highest BCUT2D eigenvalue weighted by Crippen LogP contribution is 2.27. The molecule has 0 bridgehead atoms. The van der Waals surface area contributed by atoms with Gasteiger partial charge in [0.1, 0.15) is 16.6 Å². The van der Waals surface area contributed by atoms with Gasteiger partial charge in [-0.2, -0.15) is 9.82 Å². The fourth-order valence-electron chi connectivity index (χ4n) is 2.50. The van der Waals surface area contributed by atoms with Crippen molar-refractivity contribution in [2.45, 2.75) is 43.2 Å². The summed E-state index contributed by atoms with van der Waals surface area (Å²) in [6, 6.07) is 3.09. The van der Waals surface area contributed by atoms with Crippen molar-refractivity contribution >= 4 is 21.4 Å². The summed E-state index contributed by atoms with van der Waals surface area (Å²) in [4.78, 5) is 5.38. The van der Waals surface area contributed by atoms with Crippen LogP contribution in [-0.2, 0) is 27.9 Å². The van der Waals surface area contributed by atoms with Crippen LogP contribution in [-0.4, -0.2) is 30.3 Å². The van der Waals surface area contributed by atoms with Crippen molar-refractivity contribution in [2.75, 3.05) is 7.11 Å². The number of thiophene rings is 1. The van der Waals surface area contributed by atoms with Crippen molar-refractivity contribution in [3.8, 4) is 0 Å². The predicted octanol–water partition coefficient (Wildman–Crippen LogP) is 1.61. The van der Waals surface area contributed by atoms with Crippen LogP contribution in [0.5, 0.6) is 0 Å². The number of methoxy groups -OCH3 is 1. The molecule has 0 amide bonds. The molecule has 1 aliphatic rings. The molecule has 1 aliphatic heterocycles. The summed E-state index contributed by atoms with van der Waals surface area (Å²) < 4.78 is 34.8. The first-order chi connectivity index (χ1) is 10.5. The summed E-state index contributed by atoms with van der Waals surface area (Å²) in [6.07, 6.45) is 1.58. The Kier molecular flexibility index (Phi) is 4.31. The molecule has 22 heavy (non-hydrogen) atoms. The minimum atomic E-state index is -3.53. The van der Waals surface area contributed by atoms with E-state index >= 15 is 0 Å². The average Bonchev–Trinajstić information content (AvgIpc) is 3.06. The second-order valence-corrected chi connectivity index (χ2v) is 8.45. The standard InChI is InChI=1S/C13H18N4O3S2/c1-9-5-6-12(21-9)22(18,19)16-10-4-3-7-17-13(10)14-11(15-17)8-20-2/h5-6,10,16H,3-4,7-8H2,1-2H3. The summed E-state index contributed by atoms with van der Waals surface area (Å²) in [6.45, 7) is 2.96. The Morgan fingerprint density at radius 2 is 2.32 bits per heavy atom. The Hall–Kier alpha value is -1.29. The number of nitrogens with zero attached hydrogens (tertiary/aromatic N) is 3. The lowest BCUT2D eigenvalue weighted by molar-refractivity contribution is 0.177. The molecule has 7 nitrogen and oxygen atoms in total. The first-order valence-corrected chi connectivity index (χ1v) is 9.31. The highest BCUT2D eigenvalue weighted by molar-refractivity contribution is 7.91. The zero-order chi connectivity index (χ0) is 15.7. The lowest BCUT2D eigenvalue weighted by Gasteiger charge is -2.22. The van der Waals surface area contributed by atoms with Gasteiger partial charge < -0.3 is 4.74 Å². The molecule has 9 heteroatoms. The van der Waals surface area contributed by atoms with E-state index in [9.17, 15) is 8.42 Å². The largest absolute Gasteiger partial charge is 0.377 e. The molecule has 0 aromatic carbocycles. The van der Waals surface area contributed by atoms with Gasteiger partial charge in [0.05, 0.1) is 6.04 Å².